The van der Waals surface area contributed by atoms with Crippen LogP contribution in [-0.4, -0.2) is 70.6 Å². The maximum atomic E-state index is 15.2. The zero-order chi connectivity index (χ0) is 38.2. The molecule has 9 rings (SSSR count). The van der Waals surface area contributed by atoms with Gasteiger partial charge in [-0.15, -0.1) is 0 Å². The van der Waals surface area contributed by atoms with E-state index in [1.807, 2.05) is 23.2 Å². The van der Waals surface area contributed by atoms with Gasteiger partial charge in [-0.2, -0.15) is 4.98 Å². The Kier molecular flexibility index (Phi) is 8.60. The quantitative estimate of drug-likeness (QED) is 0.186. The first-order valence-electron chi connectivity index (χ1n) is 18.8. The Hall–Kier alpha value is -5.43. The van der Waals surface area contributed by atoms with Gasteiger partial charge in [-0.3, -0.25) is 19.0 Å². The fraction of sp³-hybridized carbons (Fsp3) is 0.366. The van der Waals surface area contributed by atoms with Crippen LogP contribution in [0.1, 0.15) is 68.8 Å². The molecule has 11 nitrogen and oxygen atoms in total. The molecule has 3 fully saturated rings. The third-order valence-corrected chi connectivity index (χ3v) is 12.1. The first-order valence-corrected chi connectivity index (χ1v) is 19.2. The lowest BCUT2D eigenvalue weighted by Gasteiger charge is -2.37. The smallest absolute Gasteiger partial charge is 0.282 e. The molecule has 282 valence electrons. The number of imide groups is 1. The van der Waals surface area contributed by atoms with E-state index in [4.69, 9.17) is 21.6 Å². The van der Waals surface area contributed by atoms with Gasteiger partial charge in [0.25, 0.3) is 5.56 Å². The maximum Gasteiger partial charge on any atom is 0.282 e. The van der Waals surface area contributed by atoms with E-state index in [0.717, 1.165) is 60.2 Å². The minimum absolute atomic E-state index is 0.0843. The molecule has 0 aliphatic carbocycles. The minimum Gasteiger partial charge on any atom is -0.368 e. The Morgan fingerprint density at radius 1 is 0.782 bits per heavy atom. The summed E-state index contributed by atoms with van der Waals surface area (Å²) in [5.74, 6) is -0.390. The molecule has 2 aromatic heterocycles. The third kappa shape index (κ3) is 5.90. The number of piperazine rings is 1. The number of rotatable bonds is 5. The van der Waals surface area contributed by atoms with Gasteiger partial charge in [0.05, 0.1) is 39.4 Å². The largest absolute Gasteiger partial charge is 0.368 e. The molecule has 3 saturated heterocycles. The Balaban J connectivity index is 0.844. The van der Waals surface area contributed by atoms with Crippen molar-refractivity contribution in [1.29, 1.82) is 0 Å². The zero-order valence-corrected chi connectivity index (χ0v) is 31.3. The number of anilines is 4. The van der Waals surface area contributed by atoms with Gasteiger partial charge < -0.3 is 14.7 Å². The van der Waals surface area contributed by atoms with Crippen LogP contribution in [0.25, 0.3) is 16.6 Å². The molecule has 0 spiro atoms. The van der Waals surface area contributed by atoms with E-state index in [2.05, 4.69) is 51.4 Å². The number of fused-ring (bicyclic) bond motifs is 5. The van der Waals surface area contributed by atoms with Crippen LogP contribution < -0.4 is 25.2 Å². The average Bonchev–Trinajstić information content (AvgIpc) is 3.41. The highest BCUT2D eigenvalue weighted by Crippen LogP contribution is 2.45. The van der Waals surface area contributed by atoms with E-state index in [1.165, 1.54) is 17.7 Å². The second kappa shape index (κ2) is 13.4. The van der Waals surface area contributed by atoms with Gasteiger partial charge in [0.15, 0.2) is 11.6 Å². The summed E-state index contributed by atoms with van der Waals surface area (Å²) in [5, 5.41) is 0.842. The molecule has 3 aromatic carbocycles. The molecule has 4 aliphatic rings. The fourth-order valence-corrected chi connectivity index (χ4v) is 9.00. The predicted molar refractivity (Wildman–Crippen MR) is 208 cm³/mol. The molecule has 0 N–H and O–H groups in total. The van der Waals surface area contributed by atoms with Crippen LogP contribution in [-0.2, 0) is 15.0 Å². The Labute approximate surface area is 321 Å². The van der Waals surface area contributed by atoms with Gasteiger partial charge in [0.1, 0.15) is 23.1 Å². The van der Waals surface area contributed by atoms with Gasteiger partial charge >= 0.3 is 0 Å². The van der Waals surface area contributed by atoms with Crippen molar-refractivity contribution in [2.24, 2.45) is 0 Å². The Morgan fingerprint density at radius 3 is 2.04 bits per heavy atom. The van der Waals surface area contributed by atoms with Gasteiger partial charge in [-0.1, -0.05) is 29.8 Å². The monoisotopic (exact) mass is 764 g/mol. The first-order chi connectivity index (χ1) is 26.5. The standard InChI is InChI=1S/C41H39ClF2N8O3/c1-41(2)27-10-9-25(19-32(27)51-31-6-3-5-28(42)37(31)39(55)47-40(41)51)24-11-13-49(14-12-24)33-22-46-34(23-45-33)50-17-15-48(16-18-50)26-20-29(43)38(30(44)21-26)52-35(53)7-4-8-36(52)54/h3,5-6,9-10,19-24H,4,7-8,11-18H2,1-2H3. The second-order valence-corrected chi connectivity index (χ2v) is 15.7. The molecule has 0 bridgehead atoms. The molecule has 0 atom stereocenters. The predicted octanol–water partition coefficient (Wildman–Crippen LogP) is 6.50. The van der Waals surface area contributed by atoms with Crippen molar-refractivity contribution in [3.05, 3.63) is 105 Å². The first kappa shape index (κ1) is 35.3. The number of nitrogens with zero attached hydrogens (tertiary/aromatic N) is 8. The highest BCUT2D eigenvalue weighted by molar-refractivity contribution is 6.35. The normalized spacial score (nSPS) is 18.6. The lowest BCUT2D eigenvalue weighted by atomic mass is 9.83. The number of halogens is 3. The molecule has 5 aromatic rings. The van der Waals surface area contributed by atoms with Crippen LogP contribution in [0, 0.1) is 11.6 Å². The Bertz CT molecular complexity index is 2400. The number of benzene rings is 3. The molecule has 2 amide bonds. The Morgan fingerprint density at radius 2 is 1.40 bits per heavy atom. The molecule has 0 unspecified atom stereocenters. The average molecular weight is 765 g/mol. The van der Waals surface area contributed by atoms with Crippen molar-refractivity contribution in [3.8, 4) is 5.69 Å². The molecular formula is C41H39ClF2N8O3. The van der Waals surface area contributed by atoms with Crippen molar-refractivity contribution in [2.45, 2.75) is 57.3 Å². The number of piperidine rings is 2. The molecule has 55 heavy (non-hydrogen) atoms. The van der Waals surface area contributed by atoms with Gasteiger partial charge in [0.2, 0.25) is 11.8 Å². The van der Waals surface area contributed by atoms with E-state index in [0.29, 0.717) is 59.5 Å². The topological polar surface area (TPSA) is 108 Å². The van der Waals surface area contributed by atoms with Crippen LogP contribution in [0.5, 0.6) is 0 Å². The lowest BCUT2D eigenvalue weighted by molar-refractivity contribution is -0.129. The minimum atomic E-state index is -0.926. The summed E-state index contributed by atoms with van der Waals surface area (Å²) in [5.41, 5.74) is 3.23. The second-order valence-electron chi connectivity index (χ2n) is 15.3. The summed E-state index contributed by atoms with van der Waals surface area (Å²) in [4.78, 5) is 58.6. The fourth-order valence-electron chi connectivity index (χ4n) is 8.75. The van der Waals surface area contributed by atoms with Crippen LogP contribution in [0.3, 0.4) is 0 Å². The van der Waals surface area contributed by atoms with Crippen LogP contribution in [0.15, 0.2) is 65.7 Å². The molecule has 6 heterocycles. The van der Waals surface area contributed by atoms with Crippen molar-refractivity contribution in [1.82, 2.24) is 19.5 Å². The highest BCUT2D eigenvalue weighted by atomic mass is 35.5. The highest BCUT2D eigenvalue weighted by Gasteiger charge is 2.39. The van der Waals surface area contributed by atoms with E-state index in [-0.39, 0.29) is 18.4 Å². The lowest BCUT2D eigenvalue weighted by Crippen LogP contribution is -2.47. The van der Waals surface area contributed by atoms with Gasteiger partial charge in [0, 0.05) is 57.8 Å². The van der Waals surface area contributed by atoms with Crippen LogP contribution in [0.4, 0.5) is 31.8 Å². The summed E-state index contributed by atoms with van der Waals surface area (Å²) in [7, 11) is 0. The zero-order valence-electron chi connectivity index (χ0n) is 30.6. The molecule has 14 heteroatoms. The number of amides is 2. The van der Waals surface area contributed by atoms with Crippen molar-refractivity contribution in [2.75, 3.05) is 58.9 Å². The third-order valence-electron chi connectivity index (χ3n) is 11.7. The van der Waals surface area contributed by atoms with E-state index < -0.39 is 34.6 Å². The maximum absolute atomic E-state index is 15.2. The van der Waals surface area contributed by atoms with Crippen molar-refractivity contribution < 1.29 is 18.4 Å². The number of carbonyl (C=O) groups excluding carboxylic acids is 2. The number of carbonyl (C=O) groups is 2. The van der Waals surface area contributed by atoms with Gasteiger partial charge in [-0.05, 0) is 80.5 Å². The van der Waals surface area contributed by atoms with Crippen LogP contribution in [0.2, 0.25) is 5.02 Å². The van der Waals surface area contributed by atoms with Crippen molar-refractivity contribution in [3.63, 3.8) is 0 Å². The molecule has 0 saturated carbocycles. The summed E-state index contributed by atoms with van der Waals surface area (Å²) in [6.07, 6.45) is 6.05. The number of hydrogen-bond acceptors (Lipinski definition) is 9. The summed E-state index contributed by atoms with van der Waals surface area (Å²) < 4.78 is 32.4. The van der Waals surface area contributed by atoms with E-state index in [9.17, 15) is 14.4 Å². The van der Waals surface area contributed by atoms with Crippen LogP contribution >= 0.6 is 11.6 Å². The van der Waals surface area contributed by atoms with Crippen molar-refractivity contribution >= 4 is 57.3 Å². The summed E-state index contributed by atoms with van der Waals surface area (Å²) in [6.45, 7) is 8.02. The number of aromatic nitrogens is 4. The summed E-state index contributed by atoms with van der Waals surface area (Å²) >= 11 is 6.48. The molecular weight excluding hydrogens is 726 g/mol. The van der Waals surface area contributed by atoms with Gasteiger partial charge in [-0.25, -0.2) is 23.6 Å². The number of hydrogen-bond donors (Lipinski definition) is 0. The molecule has 0 radical (unpaired) electrons. The summed E-state index contributed by atoms with van der Waals surface area (Å²) in [6, 6.07) is 14.6. The molecule has 4 aliphatic heterocycles. The SMILES string of the molecule is CC1(C)c2ccc(C3CCN(c4cnc(N5CCN(c6cc(F)c(N7C(=O)CCCC7=O)c(F)c6)CC5)cn4)CC3)cc2-n2c1nc(=O)c1c(Cl)cccc12. The van der Waals surface area contributed by atoms with E-state index in [1.54, 1.807) is 12.3 Å². The van der Waals surface area contributed by atoms with E-state index >= 15 is 8.78 Å².